The minimum atomic E-state index is -0.323. The van der Waals surface area contributed by atoms with Crippen molar-refractivity contribution >= 4 is 33.2 Å². The second-order valence-corrected chi connectivity index (χ2v) is 5.73. The van der Waals surface area contributed by atoms with Gasteiger partial charge in [-0.15, -0.1) is 0 Å². The average molecular weight is 322 g/mol. The molecule has 5 heteroatoms. The first-order valence-corrected chi connectivity index (χ1v) is 6.83. The Morgan fingerprint density at radius 3 is 2.65 bits per heavy atom. The van der Waals surface area contributed by atoms with Crippen LogP contribution in [0, 0.1) is 5.82 Å². The van der Waals surface area contributed by atoms with Gasteiger partial charge >= 0.3 is 0 Å². The van der Waals surface area contributed by atoms with E-state index >= 15 is 0 Å². The summed E-state index contributed by atoms with van der Waals surface area (Å²) in [7, 11) is 2.12. The van der Waals surface area contributed by atoms with Crippen molar-refractivity contribution in [2.24, 2.45) is 0 Å². The molecule has 94 valence electrons. The van der Waals surface area contributed by atoms with Crippen LogP contribution in [-0.4, -0.2) is 31.1 Å². The predicted molar refractivity (Wildman–Crippen MR) is 73.3 cm³/mol. The standard InChI is InChI=1S/C12H15BrClFN2/c1-17-4-2-9(3-5-17)16-12-10(13)6-8(15)7-11(12)14/h6-7,9,16H,2-5H2,1H3. The summed E-state index contributed by atoms with van der Waals surface area (Å²) >= 11 is 9.38. The summed E-state index contributed by atoms with van der Waals surface area (Å²) in [6.45, 7) is 2.15. The van der Waals surface area contributed by atoms with E-state index in [2.05, 4.69) is 33.2 Å². The van der Waals surface area contributed by atoms with Crippen LogP contribution in [0.2, 0.25) is 5.02 Å². The van der Waals surface area contributed by atoms with Gasteiger partial charge in [0.15, 0.2) is 0 Å². The molecule has 1 heterocycles. The lowest BCUT2D eigenvalue weighted by Gasteiger charge is -2.30. The number of likely N-dealkylation sites (tertiary alicyclic amines) is 1. The fourth-order valence-corrected chi connectivity index (χ4v) is 2.96. The fourth-order valence-electron chi connectivity index (χ4n) is 2.04. The summed E-state index contributed by atoms with van der Waals surface area (Å²) in [6, 6.07) is 3.18. The molecule has 17 heavy (non-hydrogen) atoms. The van der Waals surface area contributed by atoms with Crippen molar-refractivity contribution in [3.8, 4) is 0 Å². The number of halogens is 3. The molecule has 0 unspecified atom stereocenters. The summed E-state index contributed by atoms with van der Waals surface area (Å²) in [6.07, 6.45) is 2.16. The second-order valence-electron chi connectivity index (χ2n) is 4.47. The molecular weight excluding hydrogens is 307 g/mol. The lowest BCUT2D eigenvalue weighted by molar-refractivity contribution is 0.264. The van der Waals surface area contributed by atoms with Gasteiger partial charge in [0, 0.05) is 10.5 Å². The molecule has 0 saturated carbocycles. The maximum Gasteiger partial charge on any atom is 0.125 e. The molecule has 1 saturated heterocycles. The number of hydrogen-bond acceptors (Lipinski definition) is 2. The van der Waals surface area contributed by atoms with Gasteiger partial charge in [0.1, 0.15) is 5.82 Å². The van der Waals surface area contributed by atoms with Crippen LogP contribution in [0.4, 0.5) is 10.1 Å². The first-order valence-electron chi connectivity index (χ1n) is 5.66. The summed E-state index contributed by atoms with van der Waals surface area (Å²) in [5.41, 5.74) is 0.794. The van der Waals surface area contributed by atoms with Crippen molar-refractivity contribution in [3.63, 3.8) is 0 Å². The summed E-state index contributed by atoms with van der Waals surface area (Å²) in [5, 5.41) is 3.82. The Kier molecular flexibility index (Phi) is 4.28. The lowest BCUT2D eigenvalue weighted by Crippen LogP contribution is -2.36. The van der Waals surface area contributed by atoms with Crippen LogP contribution in [0.1, 0.15) is 12.8 Å². The maximum atomic E-state index is 13.1. The van der Waals surface area contributed by atoms with Crippen molar-refractivity contribution in [2.75, 3.05) is 25.5 Å². The Balaban J connectivity index is 2.08. The van der Waals surface area contributed by atoms with Crippen LogP contribution in [0.15, 0.2) is 16.6 Å². The summed E-state index contributed by atoms with van der Waals surface area (Å²) < 4.78 is 13.8. The van der Waals surface area contributed by atoms with Crippen molar-refractivity contribution in [1.82, 2.24) is 4.90 Å². The third kappa shape index (κ3) is 3.33. The first-order chi connectivity index (χ1) is 8.06. The van der Waals surface area contributed by atoms with Crippen molar-refractivity contribution in [3.05, 3.63) is 27.4 Å². The molecule has 0 bridgehead atoms. The van der Waals surface area contributed by atoms with Gasteiger partial charge in [-0.2, -0.15) is 0 Å². The molecule has 0 aliphatic carbocycles. The molecule has 0 atom stereocenters. The Morgan fingerprint density at radius 1 is 1.41 bits per heavy atom. The number of rotatable bonds is 2. The van der Waals surface area contributed by atoms with E-state index in [9.17, 15) is 4.39 Å². The molecule has 0 spiro atoms. The number of nitrogens with one attached hydrogen (secondary N) is 1. The van der Waals surface area contributed by atoms with Crippen molar-refractivity contribution in [2.45, 2.75) is 18.9 Å². The van der Waals surface area contributed by atoms with Gasteiger partial charge in [-0.3, -0.25) is 0 Å². The monoisotopic (exact) mass is 320 g/mol. The maximum absolute atomic E-state index is 13.1. The lowest BCUT2D eigenvalue weighted by atomic mass is 10.1. The molecule has 0 aromatic heterocycles. The number of piperidine rings is 1. The Bertz CT molecular complexity index is 382. The Hall–Kier alpha value is -0.320. The minimum absolute atomic E-state index is 0.323. The van der Waals surface area contributed by atoms with E-state index in [1.165, 1.54) is 12.1 Å². The highest BCUT2D eigenvalue weighted by Crippen LogP contribution is 2.33. The smallest absolute Gasteiger partial charge is 0.125 e. The topological polar surface area (TPSA) is 15.3 Å². The van der Waals surface area contributed by atoms with Gasteiger partial charge in [-0.25, -0.2) is 4.39 Å². The van der Waals surface area contributed by atoms with Crippen LogP contribution in [0.3, 0.4) is 0 Å². The van der Waals surface area contributed by atoms with Crippen LogP contribution in [0.5, 0.6) is 0 Å². The number of anilines is 1. The van der Waals surface area contributed by atoms with Gasteiger partial charge < -0.3 is 10.2 Å². The molecule has 1 aromatic carbocycles. The van der Waals surface area contributed by atoms with Gasteiger partial charge in [0.2, 0.25) is 0 Å². The second kappa shape index (κ2) is 5.55. The van der Waals surface area contributed by atoms with Gasteiger partial charge in [-0.05, 0) is 61.0 Å². The molecule has 1 aliphatic heterocycles. The molecule has 2 rings (SSSR count). The molecule has 1 aromatic rings. The van der Waals surface area contributed by atoms with Crippen LogP contribution in [-0.2, 0) is 0 Å². The molecule has 1 N–H and O–H groups in total. The SMILES string of the molecule is CN1CCC(Nc2c(Cl)cc(F)cc2Br)CC1. The predicted octanol–water partition coefficient (Wildman–Crippen LogP) is 3.75. The molecule has 0 amide bonds. The number of hydrogen-bond donors (Lipinski definition) is 1. The molecular formula is C12H15BrClFN2. The van der Waals surface area contributed by atoms with Crippen LogP contribution >= 0.6 is 27.5 Å². The average Bonchev–Trinajstić information content (AvgIpc) is 2.26. The molecule has 1 aliphatic rings. The van der Waals surface area contributed by atoms with Crippen LogP contribution < -0.4 is 5.32 Å². The van der Waals surface area contributed by atoms with Crippen LogP contribution in [0.25, 0.3) is 0 Å². The van der Waals surface area contributed by atoms with Gasteiger partial charge in [0.25, 0.3) is 0 Å². The van der Waals surface area contributed by atoms with E-state index in [0.29, 0.717) is 15.5 Å². The van der Waals surface area contributed by atoms with Gasteiger partial charge in [0.05, 0.1) is 10.7 Å². The quantitative estimate of drug-likeness (QED) is 0.892. The van der Waals surface area contributed by atoms with E-state index in [4.69, 9.17) is 11.6 Å². The Labute approximate surface area is 114 Å². The third-order valence-electron chi connectivity index (χ3n) is 3.07. The summed E-state index contributed by atoms with van der Waals surface area (Å²) in [4.78, 5) is 2.31. The largest absolute Gasteiger partial charge is 0.380 e. The van der Waals surface area contributed by atoms with E-state index in [-0.39, 0.29) is 5.82 Å². The van der Waals surface area contributed by atoms with E-state index in [0.717, 1.165) is 31.6 Å². The van der Waals surface area contributed by atoms with E-state index in [1.54, 1.807) is 0 Å². The highest BCUT2D eigenvalue weighted by atomic mass is 79.9. The van der Waals surface area contributed by atoms with Crippen molar-refractivity contribution < 1.29 is 4.39 Å². The number of nitrogens with zero attached hydrogens (tertiary/aromatic N) is 1. The third-order valence-corrected chi connectivity index (χ3v) is 4.00. The molecule has 0 radical (unpaired) electrons. The van der Waals surface area contributed by atoms with Gasteiger partial charge in [-0.1, -0.05) is 11.6 Å². The zero-order valence-electron chi connectivity index (χ0n) is 9.64. The van der Waals surface area contributed by atoms with Crippen molar-refractivity contribution in [1.29, 1.82) is 0 Å². The zero-order valence-corrected chi connectivity index (χ0v) is 12.0. The fraction of sp³-hybridized carbons (Fsp3) is 0.500. The number of benzene rings is 1. The Morgan fingerprint density at radius 2 is 2.06 bits per heavy atom. The first kappa shape index (κ1) is 13.1. The zero-order chi connectivity index (χ0) is 12.4. The minimum Gasteiger partial charge on any atom is -0.380 e. The molecule has 1 fully saturated rings. The van der Waals surface area contributed by atoms with E-state index < -0.39 is 0 Å². The summed E-state index contributed by atoms with van der Waals surface area (Å²) in [5.74, 6) is -0.323. The highest BCUT2D eigenvalue weighted by Gasteiger charge is 2.18. The molecule has 2 nitrogen and oxygen atoms in total. The highest BCUT2D eigenvalue weighted by molar-refractivity contribution is 9.10. The van der Waals surface area contributed by atoms with E-state index in [1.807, 2.05) is 0 Å². The normalized spacial score (nSPS) is 18.4.